The zero-order valence-electron chi connectivity index (χ0n) is 12.1. The molecule has 0 spiro atoms. The van der Waals surface area contributed by atoms with Crippen LogP contribution in [0.1, 0.15) is 21.8 Å². The zero-order valence-corrected chi connectivity index (χ0v) is 12.9. The molecule has 1 saturated heterocycles. The molecule has 2 aromatic heterocycles. The second-order valence-corrected chi connectivity index (χ2v) is 6.05. The van der Waals surface area contributed by atoms with Gasteiger partial charge in [-0.25, -0.2) is 4.98 Å². The lowest BCUT2D eigenvalue weighted by Gasteiger charge is -2.22. The van der Waals surface area contributed by atoms with E-state index in [-0.39, 0.29) is 5.91 Å². The molecule has 1 aliphatic rings. The predicted molar refractivity (Wildman–Crippen MR) is 86.0 cm³/mol. The molecule has 5 nitrogen and oxygen atoms in total. The van der Waals surface area contributed by atoms with Crippen LogP contribution in [-0.2, 0) is 0 Å². The van der Waals surface area contributed by atoms with Crippen molar-refractivity contribution in [2.24, 2.45) is 0 Å². The van der Waals surface area contributed by atoms with Crippen molar-refractivity contribution >= 4 is 23.1 Å². The molecule has 0 saturated carbocycles. The number of nitrogens with zero attached hydrogens (tertiary/aromatic N) is 4. The Bertz CT molecular complexity index is 692. The Balaban J connectivity index is 1.69. The van der Waals surface area contributed by atoms with Crippen molar-refractivity contribution < 1.29 is 4.79 Å². The first kappa shape index (κ1) is 14.5. The summed E-state index contributed by atoms with van der Waals surface area (Å²) in [7, 11) is 0. The smallest absolute Gasteiger partial charge is 0.263 e. The van der Waals surface area contributed by atoms with Crippen molar-refractivity contribution in [3.8, 4) is 6.07 Å². The Morgan fingerprint density at radius 1 is 1.18 bits per heavy atom. The summed E-state index contributed by atoms with van der Waals surface area (Å²) in [5.74, 6) is 0.917. The van der Waals surface area contributed by atoms with E-state index >= 15 is 0 Å². The summed E-state index contributed by atoms with van der Waals surface area (Å²) in [4.78, 5) is 21.6. The first-order chi connectivity index (χ1) is 10.8. The van der Waals surface area contributed by atoms with E-state index in [9.17, 15) is 4.79 Å². The maximum Gasteiger partial charge on any atom is 0.263 e. The van der Waals surface area contributed by atoms with E-state index in [2.05, 4.69) is 16.0 Å². The van der Waals surface area contributed by atoms with Crippen LogP contribution in [0, 0.1) is 11.3 Å². The number of hydrogen-bond donors (Lipinski definition) is 0. The Morgan fingerprint density at radius 3 is 2.86 bits per heavy atom. The van der Waals surface area contributed by atoms with Gasteiger partial charge in [0.05, 0.1) is 4.88 Å². The summed E-state index contributed by atoms with van der Waals surface area (Å²) in [6.45, 7) is 3.01. The van der Waals surface area contributed by atoms with Crippen LogP contribution < -0.4 is 4.90 Å². The van der Waals surface area contributed by atoms with Gasteiger partial charge in [-0.1, -0.05) is 12.1 Å². The van der Waals surface area contributed by atoms with E-state index in [1.165, 1.54) is 11.3 Å². The lowest BCUT2D eigenvalue weighted by Crippen LogP contribution is -2.35. The molecule has 0 unspecified atom stereocenters. The van der Waals surface area contributed by atoms with Gasteiger partial charge in [-0.15, -0.1) is 11.3 Å². The second-order valence-electron chi connectivity index (χ2n) is 5.10. The maximum atomic E-state index is 12.4. The van der Waals surface area contributed by atoms with Crippen molar-refractivity contribution in [3.63, 3.8) is 0 Å². The Kier molecular flexibility index (Phi) is 4.35. The summed E-state index contributed by atoms with van der Waals surface area (Å²) in [6.07, 6.45) is 0.898. The Labute approximate surface area is 133 Å². The third-order valence-electron chi connectivity index (χ3n) is 3.69. The highest BCUT2D eigenvalue weighted by Gasteiger charge is 2.21. The first-order valence-corrected chi connectivity index (χ1v) is 8.11. The second kappa shape index (κ2) is 6.58. The highest BCUT2D eigenvalue weighted by Crippen LogP contribution is 2.17. The molecule has 0 aromatic carbocycles. The summed E-state index contributed by atoms with van der Waals surface area (Å²) in [6, 6.07) is 11.3. The normalized spacial score (nSPS) is 15.2. The van der Waals surface area contributed by atoms with Gasteiger partial charge >= 0.3 is 0 Å². The van der Waals surface area contributed by atoms with Crippen LogP contribution in [0.5, 0.6) is 0 Å². The van der Waals surface area contributed by atoms with Gasteiger partial charge < -0.3 is 9.80 Å². The molecule has 3 heterocycles. The number of thiophene rings is 1. The molecule has 112 valence electrons. The van der Waals surface area contributed by atoms with Crippen molar-refractivity contribution in [2.75, 3.05) is 31.1 Å². The third kappa shape index (κ3) is 3.10. The summed E-state index contributed by atoms with van der Waals surface area (Å²) in [5.41, 5.74) is 0.424. The van der Waals surface area contributed by atoms with Crippen molar-refractivity contribution in [2.45, 2.75) is 6.42 Å². The van der Waals surface area contributed by atoms with Crippen molar-refractivity contribution in [1.29, 1.82) is 5.26 Å². The minimum absolute atomic E-state index is 0.107. The van der Waals surface area contributed by atoms with Gasteiger partial charge in [0.2, 0.25) is 0 Å². The predicted octanol–water partition coefficient (Wildman–Crippen LogP) is 2.37. The lowest BCUT2D eigenvalue weighted by molar-refractivity contribution is 0.0772. The Morgan fingerprint density at radius 2 is 2.09 bits per heavy atom. The molecule has 3 rings (SSSR count). The van der Waals surface area contributed by atoms with Crippen molar-refractivity contribution in [1.82, 2.24) is 9.88 Å². The van der Waals surface area contributed by atoms with Gasteiger partial charge in [-0.3, -0.25) is 4.79 Å². The van der Waals surface area contributed by atoms with E-state index in [1.807, 2.05) is 34.5 Å². The number of nitriles is 1. The third-order valence-corrected chi connectivity index (χ3v) is 4.55. The highest BCUT2D eigenvalue weighted by molar-refractivity contribution is 7.12. The fourth-order valence-electron chi connectivity index (χ4n) is 2.57. The molecular formula is C16H16N4OS. The first-order valence-electron chi connectivity index (χ1n) is 7.23. The summed E-state index contributed by atoms with van der Waals surface area (Å²) in [5, 5.41) is 10.9. The van der Waals surface area contributed by atoms with E-state index in [0.29, 0.717) is 12.2 Å². The fourth-order valence-corrected chi connectivity index (χ4v) is 3.26. The molecule has 1 aliphatic heterocycles. The topological polar surface area (TPSA) is 60.2 Å². The number of carbonyl (C=O) groups is 1. The van der Waals surface area contributed by atoms with Gasteiger partial charge in [0.25, 0.3) is 5.91 Å². The summed E-state index contributed by atoms with van der Waals surface area (Å²) < 4.78 is 0. The largest absolute Gasteiger partial charge is 0.355 e. The number of hydrogen-bond acceptors (Lipinski definition) is 5. The van der Waals surface area contributed by atoms with Crippen LogP contribution in [0.4, 0.5) is 5.82 Å². The van der Waals surface area contributed by atoms with Gasteiger partial charge in [0.15, 0.2) is 0 Å². The Hall–Kier alpha value is -2.39. The molecule has 6 heteroatoms. The fraction of sp³-hybridized carbons (Fsp3) is 0.312. The van der Waals surface area contributed by atoms with Crippen LogP contribution in [0.3, 0.4) is 0 Å². The van der Waals surface area contributed by atoms with Gasteiger partial charge in [0.1, 0.15) is 17.6 Å². The number of rotatable bonds is 2. The number of anilines is 1. The minimum atomic E-state index is 0.107. The average molecular weight is 312 g/mol. The molecule has 0 N–H and O–H groups in total. The monoisotopic (exact) mass is 312 g/mol. The molecular weight excluding hydrogens is 296 g/mol. The van der Waals surface area contributed by atoms with Crippen LogP contribution in [-0.4, -0.2) is 42.0 Å². The van der Waals surface area contributed by atoms with Gasteiger partial charge in [0, 0.05) is 26.2 Å². The number of carbonyl (C=O) groups excluding carboxylic acids is 1. The molecule has 1 fully saturated rings. The molecule has 0 bridgehead atoms. The number of pyridine rings is 1. The summed E-state index contributed by atoms with van der Waals surface area (Å²) >= 11 is 1.48. The minimum Gasteiger partial charge on any atom is -0.355 e. The van der Waals surface area contributed by atoms with Gasteiger partial charge in [-0.2, -0.15) is 5.26 Å². The SMILES string of the molecule is N#Cc1cccc(N2CCCN(C(=O)c3cccs3)CC2)n1. The molecule has 0 radical (unpaired) electrons. The molecule has 0 atom stereocenters. The molecule has 1 amide bonds. The zero-order chi connectivity index (χ0) is 15.4. The lowest BCUT2D eigenvalue weighted by atomic mass is 10.3. The average Bonchev–Trinajstić information content (AvgIpc) is 2.98. The quantitative estimate of drug-likeness (QED) is 0.854. The van der Waals surface area contributed by atoms with Crippen LogP contribution >= 0.6 is 11.3 Å². The molecule has 22 heavy (non-hydrogen) atoms. The molecule has 0 aliphatic carbocycles. The number of amides is 1. The highest BCUT2D eigenvalue weighted by atomic mass is 32.1. The maximum absolute atomic E-state index is 12.4. The van der Waals surface area contributed by atoms with Gasteiger partial charge in [-0.05, 0) is 30.0 Å². The van der Waals surface area contributed by atoms with Crippen molar-refractivity contribution in [3.05, 3.63) is 46.3 Å². The number of aromatic nitrogens is 1. The van der Waals surface area contributed by atoms with E-state index < -0.39 is 0 Å². The standard InChI is InChI=1S/C16H16N4OS/c17-12-13-4-1-6-15(18-13)19-7-3-8-20(10-9-19)16(21)14-5-2-11-22-14/h1-2,4-6,11H,3,7-10H2. The van der Waals surface area contributed by atoms with E-state index in [4.69, 9.17) is 5.26 Å². The van der Waals surface area contributed by atoms with Crippen LogP contribution in [0.25, 0.3) is 0 Å². The van der Waals surface area contributed by atoms with E-state index in [0.717, 1.165) is 36.8 Å². The molecule has 2 aromatic rings. The van der Waals surface area contributed by atoms with Crippen LogP contribution in [0.15, 0.2) is 35.7 Å². The van der Waals surface area contributed by atoms with E-state index in [1.54, 1.807) is 6.07 Å². The van der Waals surface area contributed by atoms with Crippen LogP contribution in [0.2, 0.25) is 0 Å².